The zero-order valence-corrected chi connectivity index (χ0v) is 10.2. The van der Waals surface area contributed by atoms with Crippen molar-refractivity contribution in [3.8, 4) is 0 Å². The predicted octanol–water partition coefficient (Wildman–Crippen LogP) is -0.762. The van der Waals surface area contributed by atoms with Crippen LogP contribution in [0.2, 0.25) is 0 Å². The Morgan fingerprint density at radius 2 is 2.12 bits per heavy atom. The molecule has 0 amide bonds. The van der Waals surface area contributed by atoms with Gasteiger partial charge in [0.1, 0.15) is 0 Å². The topological polar surface area (TPSA) is 92.7 Å². The quantitative estimate of drug-likeness (QED) is 0.605. The molecule has 1 rings (SSSR count). The van der Waals surface area contributed by atoms with Crippen molar-refractivity contribution in [1.29, 1.82) is 0 Å². The van der Waals surface area contributed by atoms with Gasteiger partial charge in [-0.15, -0.1) is 0 Å². The molecule has 0 aromatic rings. The maximum Gasteiger partial charge on any atom is 0.325 e. The molecule has 16 heavy (non-hydrogen) atoms. The first-order valence-electron chi connectivity index (χ1n) is 5.13. The summed E-state index contributed by atoms with van der Waals surface area (Å²) in [6.07, 6.45) is 1.19. The number of methoxy groups -OCH3 is 1. The lowest BCUT2D eigenvalue weighted by Gasteiger charge is -2.14. The Labute approximate surface area is 95.0 Å². The van der Waals surface area contributed by atoms with Crippen LogP contribution in [0.15, 0.2) is 0 Å². The van der Waals surface area contributed by atoms with Crippen molar-refractivity contribution in [2.75, 3.05) is 13.7 Å². The Balaban J connectivity index is 2.47. The molecular formula is C9H17NO5S. The average Bonchev–Trinajstić information content (AvgIpc) is 3.07. The van der Waals surface area contributed by atoms with Crippen molar-refractivity contribution in [2.24, 2.45) is 5.92 Å². The molecule has 1 saturated carbocycles. The molecule has 94 valence electrons. The van der Waals surface area contributed by atoms with Gasteiger partial charge in [-0.25, -0.2) is 13.1 Å². The highest BCUT2D eigenvalue weighted by atomic mass is 32.2. The summed E-state index contributed by atoms with van der Waals surface area (Å²) in [4.78, 5) is 11.0. The fourth-order valence-corrected chi connectivity index (χ4v) is 2.27. The van der Waals surface area contributed by atoms with E-state index < -0.39 is 27.3 Å². The number of hydrogen-bond donors (Lipinski definition) is 2. The van der Waals surface area contributed by atoms with Crippen molar-refractivity contribution in [2.45, 2.75) is 31.1 Å². The lowest BCUT2D eigenvalue weighted by molar-refractivity contribution is -0.139. The van der Waals surface area contributed by atoms with E-state index in [4.69, 9.17) is 0 Å². The largest absolute Gasteiger partial charge is 0.468 e. The van der Waals surface area contributed by atoms with Crippen LogP contribution in [0.3, 0.4) is 0 Å². The predicted molar refractivity (Wildman–Crippen MR) is 57.1 cm³/mol. The zero-order valence-electron chi connectivity index (χ0n) is 9.34. The smallest absolute Gasteiger partial charge is 0.325 e. The summed E-state index contributed by atoms with van der Waals surface area (Å²) >= 11 is 0. The highest BCUT2D eigenvalue weighted by Crippen LogP contribution is 2.32. The maximum absolute atomic E-state index is 11.6. The standard InChI is InChI=1S/C9H17NO5S/c1-6(9(12)15-2)16(13,14)10-5-8(11)7-3-4-7/h6-8,10-11H,3-5H2,1-2H3. The Morgan fingerprint density at radius 1 is 1.56 bits per heavy atom. The number of aliphatic hydroxyl groups is 1. The molecule has 0 aromatic heterocycles. The van der Waals surface area contributed by atoms with E-state index in [1.807, 2.05) is 0 Å². The molecule has 0 heterocycles. The van der Waals surface area contributed by atoms with Crippen LogP contribution in [0, 0.1) is 5.92 Å². The fraction of sp³-hybridized carbons (Fsp3) is 0.889. The van der Waals surface area contributed by atoms with Crippen LogP contribution in [-0.2, 0) is 19.6 Å². The van der Waals surface area contributed by atoms with Crippen molar-refractivity contribution >= 4 is 16.0 Å². The molecule has 0 aromatic carbocycles. The van der Waals surface area contributed by atoms with Gasteiger partial charge in [0, 0.05) is 6.54 Å². The second-order valence-electron chi connectivity index (χ2n) is 3.96. The van der Waals surface area contributed by atoms with E-state index in [0.717, 1.165) is 20.0 Å². The van der Waals surface area contributed by atoms with Gasteiger partial charge < -0.3 is 9.84 Å². The molecule has 2 unspecified atom stereocenters. The van der Waals surface area contributed by atoms with Gasteiger partial charge in [0.05, 0.1) is 13.2 Å². The first-order valence-corrected chi connectivity index (χ1v) is 6.67. The molecule has 0 bridgehead atoms. The fourth-order valence-electron chi connectivity index (χ4n) is 1.27. The van der Waals surface area contributed by atoms with E-state index >= 15 is 0 Å². The van der Waals surface area contributed by atoms with E-state index in [0.29, 0.717) is 0 Å². The minimum absolute atomic E-state index is 0.0473. The van der Waals surface area contributed by atoms with E-state index in [2.05, 4.69) is 9.46 Å². The number of rotatable bonds is 6. The summed E-state index contributed by atoms with van der Waals surface area (Å²) in [6, 6.07) is 0. The molecule has 0 saturated heterocycles. The number of carbonyl (C=O) groups excluding carboxylic acids is 1. The number of carbonyl (C=O) groups is 1. The van der Waals surface area contributed by atoms with Crippen LogP contribution >= 0.6 is 0 Å². The number of nitrogens with one attached hydrogen (secondary N) is 1. The molecule has 2 N–H and O–H groups in total. The Bertz CT molecular complexity index is 349. The van der Waals surface area contributed by atoms with Gasteiger partial charge in [-0.3, -0.25) is 4.79 Å². The van der Waals surface area contributed by atoms with Gasteiger partial charge in [-0.1, -0.05) is 0 Å². The highest BCUT2D eigenvalue weighted by Gasteiger charge is 2.33. The Hall–Kier alpha value is -0.660. The Kier molecular flexibility index (Phi) is 4.28. The van der Waals surface area contributed by atoms with Crippen LogP contribution in [0.5, 0.6) is 0 Å². The summed E-state index contributed by atoms with van der Waals surface area (Å²) in [7, 11) is -2.62. The van der Waals surface area contributed by atoms with Crippen LogP contribution in [0.25, 0.3) is 0 Å². The van der Waals surface area contributed by atoms with E-state index in [1.165, 1.54) is 6.92 Å². The van der Waals surface area contributed by atoms with Gasteiger partial charge >= 0.3 is 5.97 Å². The first-order chi connectivity index (χ1) is 7.38. The number of hydrogen-bond acceptors (Lipinski definition) is 5. The molecule has 0 aliphatic heterocycles. The lowest BCUT2D eigenvalue weighted by atomic mass is 10.2. The van der Waals surface area contributed by atoms with Gasteiger partial charge in [0.25, 0.3) is 0 Å². The number of esters is 1. The molecule has 0 radical (unpaired) electrons. The van der Waals surface area contributed by atoms with E-state index in [9.17, 15) is 18.3 Å². The minimum Gasteiger partial charge on any atom is -0.468 e. The van der Waals surface area contributed by atoms with Crippen molar-refractivity contribution in [3.63, 3.8) is 0 Å². The van der Waals surface area contributed by atoms with Crippen molar-refractivity contribution in [1.82, 2.24) is 4.72 Å². The SMILES string of the molecule is COC(=O)C(C)S(=O)(=O)NCC(O)C1CC1. The van der Waals surface area contributed by atoms with Crippen LogP contribution < -0.4 is 4.72 Å². The molecule has 1 aliphatic carbocycles. The van der Waals surface area contributed by atoms with Gasteiger partial charge in [-0.05, 0) is 25.7 Å². The molecule has 2 atom stereocenters. The molecule has 6 nitrogen and oxygen atoms in total. The van der Waals surface area contributed by atoms with Crippen molar-refractivity contribution < 1.29 is 23.1 Å². The summed E-state index contributed by atoms with van der Waals surface area (Å²) in [5, 5.41) is 8.23. The third kappa shape index (κ3) is 3.43. The molecule has 0 spiro atoms. The normalized spacial score (nSPS) is 20.2. The lowest BCUT2D eigenvalue weighted by Crippen LogP contribution is -2.41. The molecule has 7 heteroatoms. The highest BCUT2D eigenvalue weighted by molar-refractivity contribution is 7.90. The van der Waals surface area contributed by atoms with Crippen LogP contribution in [-0.4, -0.2) is 44.5 Å². The molecule has 1 fully saturated rings. The summed E-state index contributed by atoms with van der Waals surface area (Å²) in [5.41, 5.74) is 0. The van der Waals surface area contributed by atoms with Gasteiger partial charge in [-0.2, -0.15) is 0 Å². The van der Waals surface area contributed by atoms with Gasteiger partial charge in [0.15, 0.2) is 5.25 Å². The number of aliphatic hydroxyl groups excluding tert-OH is 1. The van der Waals surface area contributed by atoms with E-state index in [-0.39, 0.29) is 12.5 Å². The third-order valence-corrected chi connectivity index (χ3v) is 4.35. The monoisotopic (exact) mass is 251 g/mol. The molecule has 1 aliphatic rings. The Morgan fingerprint density at radius 3 is 2.56 bits per heavy atom. The van der Waals surface area contributed by atoms with Gasteiger partial charge in [0.2, 0.25) is 10.0 Å². The summed E-state index contributed by atoms with van der Waals surface area (Å²) in [6.45, 7) is 1.20. The first kappa shape index (κ1) is 13.4. The van der Waals surface area contributed by atoms with Crippen LogP contribution in [0.1, 0.15) is 19.8 Å². The number of ether oxygens (including phenoxy) is 1. The minimum atomic E-state index is -3.76. The van der Waals surface area contributed by atoms with Crippen LogP contribution in [0.4, 0.5) is 0 Å². The third-order valence-electron chi connectivity index (χ3n) is 2.66. The molecular weight excluding hydrogens is 234 g/mol. The second kappa shape index (κ2) is 5.11. The average molecular weight is 251 g/mol. The van der Waals surface area contributed by atoms with Crippen molar-refractivity contribution in [3.05, 3.63) is 0 Å². The summed E-state index contributed by atoms with van der Waals surface area (Å²) in [5.74, 6) is -0.621. The number of sulfonamides is 1. The maximum atomic E-state index is 11.6. The second-order valence-corrected chi connectivity index (χ2v) is 6.05. The van der Waals surface area contributed by atoms with E-state index in [1.54, 1.807) is 0 Å². The summed E-state index contributed by atoms with van der Waals surface area (Å²) < 4.78 is 29.7. The zero-order chi connectivity index (χ0) is 12.3.